The highest BCUT2D eigenvalue weighted by Gasteiger charge is 2.20. The number of amides is 1. The molecule has 1 aromatic heterocycles. The largest absolute Gasteiger partial charge is 0.376 e. The van der Waals surface area contributed by atoms with Gasteiger partial charge in [-0.15, -0.1) is 0 Å². The van der Waals surface area contributed by atoms with Crippen LogP contribution in [0.4, 0.5) is 0 Å². The van der Waals surface area contributed by atoms with Crippen molar-refractivity contribution >= 4 is 5.91 Å². The number of likely N-dealkylation sites (N-methyl/N-ethyl adjacent to an activating group) is 1. The standard InChI is InChI=1S/C12H16N2O3/c1-14(8-10-3-2-6-17-10)12(16)9-4-5-13-11(15)7-9/h4-5,7,10H,2-3,6,8H2,1H3,(H,13,15). The maximum Gasteiger partial charge on any atom is 0.253 e. The molecule has 1 aromatic rings. The fourth-order valence-corrected chi connectivity index (χ4v) is 1.97. The summed E-state index contributed by atoms with van der Waals surface area (Å²) in [5.74, 6) is -0.147. The van der Waals surface area contributed by atoms with E-state index in [1.807, 2.05) is 0 Å². The topological polar surface area (TPSA) is 62.4 Å². The fraction of sp³-hybridized carbons (Fsp3) is 0.500. The van der Waals surface area contributed by atoms with Crippen LogP contribution in [0.3, 0.4) is 0 Å². The van der Waals surface area contributed by atoms with Gasteiger partial charge in [0.05, 0.1) is 6.10 Å². The zero-order chi connectivity index (χ0) is 12.3. The molecular formula is C12H16N2O3. The molecule has 2 rings (SSSR count). The molecule has 17 heavy (non-hydrogen) atoms. The Labute approximate surface area is 99.4 Å². The van der Waals surface area contributed by atoms with E-state index in [0.29, 0.717) is 12.1 Å². The second-order valence-corrected chi connectivity index (χ2v) is 4.26. The Balaban J connectivity index is 2.01. The SMILES string of the molecule is CN(CC1CCCO1)C(=O)c1cc[nH]c(=O)c1. The molecule has 0 bridgehead atoms. The number of hydrogen-bond acceptors (Lipinski definition) is 3. The monoisotopic (exact) mass is 236 g/mol. The Morgan fingerprint density at radius 2 is 2.47 bits per heavy atom. The van der Waals surface area contributed by atoms with Gasteiger partial charge in [0.1, 0.15) is 0 Å². The van der Waals surface area contributed by atoms with Gasteiger partial charge in [0.2, 0.25) is 5.56 Å². The Hall–Kier alpha value is -1.62. The summed E-state index contributed by atoms with van der Waals surface area (Å²) in [6, 6.07) is 2.92. The maximum atomic E-state index is 12.0. The summed E-state index contributed by atoms with van der Waals surface area (Å²) < 4.78 is 5.47. The average molecular weight is 236 g/mol. The quantitative estimate of drug-likeness (QED) is 0.837. The summed E-state index contributed by atoms with van der Waals surface area (Å²) in [5, 5.41) is 0. The van der Waals surface area contributed by atoms with Crippen LogP contribution in [-0.2, 0) is 4.74 Å². The summed E-state index contributed by atoms with van der Waals surface area (Å²) >= 11 is 0. The van der Waals surface area contributed by atoms with Gasteiger partial charge in [-0.05, 0) is 18.9 Å². The second kappa shape index (κ2) is 5.14. The van der Waals surface area contributed by atoms with Crippen molar-refractivity contribution in [3.05, 3.63) is 34.2 Å². The summed E-state index contributed by atoms with van der Waals surface area (Å²) in [6.07, 6.45) is 3.66. The van der Waals surface area contributed by atoms with E-state index in [2.05, 4.69) is 4.98 Å². The van der Waals surface area contributed by atoms with Crippen LogP contribution in [-0.4, -0.2) is 42.1 Å². The highest BCUT2D eigenvalue weighted by Crippen LogP contribution is 2.13. The molecule has 0 aromatic carbocycles. The van der Waals surface area contributed by atoms with E-state index in [0.717, 1.165) is 19.4 Å². The fourth-order valence-electron chi connectivity index (χ4n) is 1.97. The van der Waals surface area contributed by atoms with Crippen LogP contribution in [0.1, 0.15) is 23.2 Å². The molecule has 0 aliphatic carbocycles. The lowest BCUT2D eigenvalue weighted by molar-refractivity contribution is 0.0587. The lowest BCUT2D eigenvalue weighted by Crippen LogP contribution is -2.34. The third-order valence-corrected chi connectivity index (χ3v) is 2.87. The molecule has 5 heteroatoms. The lowest BCUT2D eigenvalue weighted by Gasteiger charge is -2.20. The zero-order valence-corrected chi connectivity index (χ0v) is 9.81. The second-order valence-electron chi connectivity index (χ2n) is 4.26. The Bertz CT molecular complexity index is 449. The van der Waals surface area contributed by atoms with E-state index in [-0.39, 0.29) is 17.6 Å². The number of H-pyrrole nitrogens is 1. The van der Waals surface area contributed by atoms with E-state index >= 15 is 0 Å². The van der Waals surface area contributed by atoms with Gasteiger partial charge in [-0.25, -0.2) is 0 Å². The molecule has 1 atom stereocenters. The van der Waals surface area contributed by atoms with Crippen molar-refractivity contribution in [3.8, 4) is 0 Å². The van der Waals surface area contributed by atoms with Gasteiger partial charge in [-0.3, -0.25) is 9.59 Å². The molecule has 0 saturated carbocycles. The van der Waals surface area contributed by atoms with Crippen LogP contribution >= 0.6 is 0 Å². The Kier molecular flexibility index (Phi) is 3.58. The Morgan fingerprint density at radius 1 is 1.65 bits per heavy atom. The third kappa shape index (κ3) is 2.94. The molecule has 1 saturated heterocycles. The maximum absolute atomic E-state index is 12.0. The minimum atomic E-state index is -0.263. The van der Waals surface area contributed by atoms with Gasteiger partial charge >= 0.3 is 0 Å². The predicted molar refractivity (Wildman–Crippen MR) is 63.0 cm³/mol. The number of carbonyl (C=O) groups excluding carboxylic acids is 1. The molecule has 1 unspecified atom stereocenters. The van der Waals surface area contributed by atoms with Crippen LogP contribution in [0.25, 0.3) is 0 Å². The van der Waals surface area contributed by atoms with Crippen LogP contribution in [0.15, 0.2) is 23.1 Å². The molecule has 5 nitrogen and oxygen atoms in total. The highest BCUT2D eigenvalue weighted by atomic mass is 16.5. The number of aromatic nitrogens is 1. The van der Waals surface area contributed by atoms with Gasteiger partial charge in [0.25, 0.3) is 5.91 Å². The number of ether oxygens (including phenoxy) is 1. The molecule has 1 fully saturated rings. The van der Waals surface area contributed by atoms with Crippen molar-refractivity contribution in [2.24, 2.45) is 0 Å². The van der Waals surface area contributed by atoms with Crippen molar-refractivity contribution in [2.45, 2.75) is 18.9 Å². The van der Waals surface area contributed by atoms with Gasteiger partial charge in [0, 0.05) is 38.0 Å². The van der Waals surface area contributed by atoms with Gasteiger partial charge in [-0.2, -0.15) is 0 Å². The zero-order valence-electron chi connectivity index (χ0n) is 9.81. The molecule has 0 spiro atoms. The first-order chi connectivity index (χ1) is 8.16. The number of nitrogens with one attached hydrogen (secondary N) is 1. The van der Waals surface area contributed by atoms with E-state index in [4.69, 9.17) is 4.74 Å². The number of aromatic amines is 1. The normalized spacial score (nSPS) is 19.2. The minimum absolute atomic E-state index is 0.131. The molecule has 1 amide bonds. The van der Waals surface area contributed by atoms with Gasteiger partial charge in [0.15, 0.2) is 0 Å². The number of pyridine rings is 1. The number of nitrogens with zero attached hydrogens (tertiary/aromatic N) is 1. The first-order valence-electron chi connectivity index (χ1n) is 5.72. The van der Waals surface area contributed by atoms with Crippen molar-refractivity contribution in [1.82, 2.24) is 9.88 Å². The summed E-state index contributed by atoms with van der Waals surface area (Å²) in [7, 11) is 1.73. The number of hydrogen-bond donors (Lipinski definition) is 1. The van der Waals surface area contributed by atoms with Gasteiger partial charge < -0.3 is 14.6 Å². The van der Waals surface area contributed by atoms with Crippen LogP contribution in [0.5, 0.6) is 0 Å². The molecule has 1 aliphatic heterocycles. The van der Waals surface area contributed by atoms with E-state index < -0.39 is 0 Å². The van der Waals surface area contributed by atoms with Crippen LogP contribution < -0.4 is 5.56 Å². The molecule has 1 aliphatic rings. The van der Waals surface area contributed by atoms with Crippen molar-refractivity contribution in [2.75, 3.05) is 20.2 Å². The molecule has 2 heterocycles. The third-order valence-electron chi connectivity index (χ3n) is 2.87. The lowest BCUT2D eigenvalue weighted by atomic mass is 10.2. The summed E-state index contributed by atoms with van der Waals surface area (Å²) in [5.41, 5.74) is 0.149. The smallest absolute Gasteiger partial charge is 0.253 e. The summed E-state index contributed by atoms with van der Waals surface area (Å²) in [6.45, 7) is 1.35. The van der Waals surface area contributed by atoms with E-state index in [1.165, 1.54) is 12.3 Å². The number of carbonyl (C=O) groups is 1. The van der Waals surface area contributed by atoms with E-state index in [9.17, 15) is 9.59 Å². The van der Waals surface area contributed by atoms with Crippen molar-refractivity contribution in [3.63, 3.8) is 0 Å². The minimum Gasteiger partial charge on any atom is -0.376 e. The first kappa shape index (κ1) is 11.9. The molecular weight excluding hydrogens is 220 g/mol. The van der Waals surface area contributed by atoms with Crippen molar-refractivity contribution in [1.29, 1.82) is 0 Å². The van der Waals surface area contributed by atoms with Crippen LogP contribution in [0.2, 0.25) is 0 Å². The van der Waals surface area contributed by atoms with E-state index in [1.54, 1.807) is 18.0 Å². The number of rotatable bonds is 3. The highest BCUT2D eigenvalue weighted by molar-refractivity contribution is 5.93. The van der Waals surface area contributed by atoms with Gasteiger partial charge in [-0.1, -0.05) is 0 Å². The first-order valence-corrected chi connectivity index (χ1v) is 5.72. The average Bonchev–Trinajstić information content (AvgIpc) is 2.80. The van der Waals surface area contributed by atoms with Crippen molar-refractivity contribution < 1.29 is 9.53 Å². The summed E-state index contributed by atoms with van der Waals surface area (Å²) in [4.78, 5) is 27.2. The molecule has 1 N–H and O–H groups in total. The molecule has 0 radical (unpaired) electrons. The van der Waals surface area contributed by atoms with Crippen LogP contribution in [0, 0.1) is 0 Å². The predicted octanol–water partition coefficient (Wildman–Crippen LogP) is 0.626. The molecule has 92 valence electrons. The Morgan fingerprint density at radius 3 is 3.12 bits per heavy atom.